The van der Waals surface area contributed by atoms with Crippen LogP contribution in [0.3, 0.4) is 0 Å². The monoisotopic (exact) mass is 217 g/mol. The lowest BCUT2D eigenvalue weighted by Crippen LogP contribution is -2.49. The summed E-state index contributed by atoms with van der Waals surface area (Å²) in [5.41, 5.74) is 2.32. The number of anilines is 2. The Balaban J connectivity index is 1.96. The number of nitrogens with zero attached hydrogens (tertiary/aromatic N) is 2. The van der Waals surface area contributed by atoms with Crippen molar-refractivity contribution in [2.24, 2.45) is 5.92 Å². The summed E-state index contributed by atoms with van der Waals surface area (Å²) in [5.74, 6) is 2.03. The maximum absolute atomic E-state index is 4.69. The van der Waals surface area contributed by atoms with E-state index < -0.39 is 0 Å². The third kappa shape index (κ3) is 1.55. The van der Waals surface area contributed by atoms with Crippen LogP contribution in [0.2, 0.25) is 0 Å². The molecule has 1 aromatic rings. The molecular formula is C13H19N3. The fourth-order valence-electron chi connectivity index (χ4n) is 2.85. The summed E-state index contributed by atoms with van der Waals surface area (Å²) in [6.45, 7) is 6.66. The molecule has 3 rings (SSSR count). The zero-order valence-corrected chi connectivity index (χ0v) is 10.0. The Kier molecular flexibility index (Phi) is 2.27. The van der Waals surface area contributed by atoms with E-state index in [1.165, 1.54) is 24.3 Å². The van der Waals surface area contributed by atoms with Crippen molar-refractivity contribution in [3.8, 4) is 0 Å². The van der Waals surface area contributed by atoms with Gasteiger partial charge in [0.2, 0.25) is 0 Å². The Morgan fingerprint density at radius 3 is 3.19 bits per heavy atom. The smallest absolute Gasteiger partial charge is 0.152 e. The van der Waals surface area contributed by atoms with Crippen LogP contribution in [0.15, 0.2) is 12.1 Å². The second-order valence-electron chi connectivity index (χ2n) is 5.18. The third-order valence-corrected chi connectivity index (χ3v) is 3.79. The van der Waals surface area contributed by atoms with Gasteiger partial charge >= 0.3 is 0 Å². The molecule has 0 saturated carbocycles. The molecule has 2 aliphatic heterocycles. The highest BCUT2D eigenvalue weighted by Crippen LogP contribution is 2.35. The summed E-state index contributed by atoms with van der Waals surface area (Å²) in [6.07, 6.45) is 2.59. The van der Waals surface area contributed by atoms with E-state index in [0.29, 0.717) is 6.04 Å². The summed E-state index contributed by atoms with van der Waals surface area (Å²) < 4.78 is 0. The minimum atomic E-state index is 0.644. The largest absolute Gasteiger partial charge is 0.380 e. The maximum atomic E-state index is 4.69. The summed E-state index contributed by atoms with van der Waals surface area (Å²) >= 11 is 0. The van der Waals surface area contributed by atoms with Crippen LogP contribution >= 0.6 is 0 Å². The fourth-order valence-corrected chi connectivity index (χ4v) is 2.85. The quantitative estimate of drug-likeness (QED) is 0.723. The van der Waals surface area contributed by atoms with E-state index in [1.54, 1.807) is 0 Å². The lowest BCUT2D eigenvalue weighted by Gasteiger charge is -2.43. The lowest BCUT2D eigenvalue weighted by atomic mass is 9.91. The second-order valence-corrected chi connectivity index (χ2v) is 5.18. The predicted molar refractivity (Wildman–Crippen MR) is 67.0 cm³/mol. The van der Waals surface area contributed by atoms with E-state index in [1.807, 2.05) is 0 Å². The van der Waals surface area contributed by atoms with Gasteiger partial charge in [0, 0.05) is 24.8 Å². The van der Waals surface area contributed by atoms with E-state index in [2.05, 4.69) is 41.2 Å². The van der Waals surface area contributed by atoms with Gasteiger partial charge in [0.15, 0.2) is 5.82 Å². The summed E-state index contributed by atoms with van der Waals surface area (Å²) in [7, 11) is 0. The fraction of sp³-hybridized carbons (Fsp3) is 0.615. The topological polar surface area (TPSA) is 28.2 Å². The minimum absolute atomic E-state index is 0.644. The van der Waals surface area contributed by atoms with Gasteiger partial charge in [-0.25, -0.2) is 4.98 Å². The molecule has 2 aliphatic rings. The average Bonchev–Trinajstić information content (AvgIpc) is 2.28. The molecule has 86 valence electrons. The van der Waals surface area contributed by atoms with Gasteiger partial charge in [-0.2, -0.15) is 0 Å². The van der Waals surface area contributed by atoms with Crippen LogP contribution in [0.4, 0.5) is 11.5 Å². The van der Waals surface area contributed by atoms with E-state index in [-0.39, 0.29) is 0 Å². The van der Waals surface area contributed by atoms with Crippen LogP contribution in [-0.4, -0.2) is 24.1 Å². The van der Waals surface area contributed by atoms with Crippen molar-refractivity contribution < 1.29 is 0 Å². The normalized spacial score (nSPS) is 28.0. The second kappa shape index (κ2) is 3.65. The number of piperidine rings is 1. The zero-order chi connectivity index (χ0) is 11.1. The van der Waals surface area contributed by atoms with Crippen molar-refractivity contribution in [2.75, 3.05) is 23.3 Å². The van der Waals surface area contributed by atoms with Crippen LogP contribution in [0, 0.1) is 12.8 Å². The predicted octanol–water partition coefficient (Wildman–Crippen LogP) is 2.42. The SMILES string of the molecule is Cc1ccc2c(n1)N1CCC(C)CC1CN2. The number of aryl methyl sites for hydroxylation is 1. The number of hydrogen-bond donors (Lipinski definition) is 1. The number of rotatable bonds is 0. The van der Waals surface area contributed by atoms with Crippen molar-refractivity contribution >= 4 is 11.5 Å². The molecule has 0 aliphatic carbocycles. The van der Waals surface area contributed by atoms with Crippen molar-refractivity contribution in [1.29, 1.82) is 0 Å². The molecule has 3 heterocycles. The first-order valence-electron chi connectivity index (χ1n) is 6.22. The number of hydrogen-bond acceptors (Lipinski definition) is 3. The van der Waals surface area contributed by atoms with Gasteiger partial charge in [-0.15, -0.1) is 0 Å². The Morgan fingerprint density at radius 1 is 1.44 bits per heavy atom. The zero-order valence-electron chi connectivity index (χ0n) is 10.0. The molecule has 1 N–H and O–H groups in total. The molecule has 1 fully saturated rings. The molecule has 2 atom stereocenters. The highest BCUT2D eigenvalue weighted by atomic mass is 15.3. The van der Waals surface area contributed by atoms with Gasteiger partial charge in [0.05, 0.1) is 5.69 Å². The molecule has 0 spiro atoms. The average molecular weight is 217 g/mol. The van der Waals surface area contributed by atoms with Gasteiger partial charge in [-0.05, 0) is 37.8 Å². The first-order chi connectivity index (χ1) is 7.74. The lowest BCUT2D eigenvalue weighted by molar-refractivity contribution is 0.365. The first kappa shape index (κ1) is 9.94. The van der Waals surface area contributed by atoms with Gasteiger partial charge in [-0.3, -0.25) is 0 Å². The van der Waals surface area contributed by atoms with Gasteiger partial charge in [0.1, 0.15) is 0 Å². The Morgan fingerprint density at radius 2 is 2.31 bits per heavy atom. The summed E-state index contributed by atoms with van der Waals surface area (Å²) in [4.78, 5) is 7.19. The molecule has 0 bridgehead atoms. The number of aromatic nitrogens is 1. The van der Waals surface area contributed by atoms with E-state index in [4.69, 9.17) is 0 Å². The third-order valence-electron chi connectivity index (χ3n) is 3.79. The number of fused-ring (bicyclic) bond motifs is 3. The molecule has 1 saturated heterocycles. The van der Waals surface area contributed by atoms with E-state index in [0.717, 1.165) is 24.7 Å². The Hall–Kier alpha value is -1.25. The van der Waals surface area contributed by atoms with Crippen molar-refractivity contribution in [1.82, 2.24) is 4.98 Å². The Bertz CT molecular complexity index is 402. The first-order valence-corrected chi connectivity index (χ1v) is 6.22. The molecule has 0 radical (unpaired) electrons. The van der Waals surface area contributed by atoms with Crippen molar-refractivity contribution in [3.63, 3.8) is 0 Å². The highest BCUT2D eigenvalue weighted by molar-refractivity contribution is 5.69. The molecule has 2 unspecified atom stereocenters. The molecule has 3 nitrogen and oxygen atoms in total. The molecule has 1 aromatic heterocycles. The number of nitrogens with one attached hydrogen (secondary N) is 1. The molecule has 0 aromatic carbocycles. The maximum Gasteiger partial charge on any atom is 0.152 e. The van der Waals surface area contributed by atoms with Gasteiger partial charge in [-0.1, -0.05) is 6.92 Å². The van der Waals surface area contributed by atoms with E-state index in [9.17, 15) is 0 Å². The van der Waals surface area contributed by atoms with Gasteiger partial charge < -0.3 is 10.2 Å². The van der Waals surface area contributed by atoms with Crippen LogP contribution in [0.5, 0.6) is 0 Å². The van der Waals surface area contributed by atoms with Crippen LogP contribution in [0.1, 0.15) is 25.5 Å². The van der Waals surface area contributed by atoms with Crippen LogP contribution < -0.4 is 10.2 Å². The van der Waals surface area contributed by atoms with Crippen LogP contribution in [-0.2, 0) is 0 Å². The Labute approximate surface area is 96.9 Å². The molecule has 3 heteroatoms. The molecule has 16 heavy (non-hydrogen) atoms. The van der Waals surface area contributed by atoms with Crippen LogP contribution in [0.25, 0.3) is 0 Å². The molecule has 0 amide bonds. The van der Waals surface area contributed by atoms with E-state index >= 15 is 0 Å². The summed E-state index contributed by atoms with van der Waals surface area (Å²) in [6, 6.07) is 4.88. The minimum Gasteiger partial charge on any atom is -0.380 e. The standard InChI is InChI=1S/C13H19N3/c1-9-5-6-16-11(7-9)8-14-12-4-3-10(2)15-13(12)16/h3-4,9,11,14H,5-8H2,1-2H3. The van der Waals surface area contributed by atoms with Crippen molar-refractivity contribution in [2.45, 2.75) is 32.7 Å². The van der Waals surface area contributed by atoms with Gasteiger partial charge in [0.25, 0.3) is 0 Å². The summed E-state index contributed by atoms with van der Waals surface area (Å²) in [5, 5.41) is 3.51. The van der Waals surface area contributed by atoms with Crippen molar-refractivity contribution in [3.05, 3.63) is 17.8 Å². The highest BCUT2D eigenvalue weighted by Gasteiger charge is 2.31. The molecular weight excluding hydrogens is 198 g/mol. The number of pyridine rings is 1.